The summed E-state index contributed by atoms with van der Waals surface area (Å²) in [6.45, 7) is 0.792. The number of fused-ring (bicyclic) bond motifs is 2. The fourth-order valence-electron chi connectivity index (χ4n) is 4.30. The van der Waals surface area contributed by atoms with Crippen molar-refractivity contribution in [3.8, 4) is 5.75 Å². The van der Waals surface area contributed by atoms with Crippen molar-refractivity contribution in [2.75, 3.05) is 18.1 Å². The van der Waals surface area contributed by atoms with E-state index in [2.05, 4.69) is 10.2 Å². The van der Waals surface area contributed by atoms with E-state index in [-0.39, 0.29) is 12.5 Å². The van der Waals surface area contributed by atoms with E-state index in [1.165, 1.54) is 25.7 Å². The van der Waals surface area contributed by atoms with Gasteiger partial charge in [-0.05, 0) is 49.1 Å². The van der Waals surface area contributed by atoms with Crippen molar-refractivity contribution >= 4 is 11.7 Å². The zero-order valence-electron chi connectivity index (χ0n) is 13.7. The maximum atomic E-state index is 12.8. The molecular weight excluding hydrogens is 302 g/mol. The largest absolute Gasteiger partial charge is 0.484 e. The Hall–Kier alpha value is -2.30. The predicted octanol–water partition coefficient (Wildman–Crippen LogP) is 3.26. The fraction of sp³-hybridized carbons (Fsp3) is 0.474. The second-order valence-electron chi connectivity index (χ2n) is 6.97. The van der Waals surface area contributed by atoms with Gasteiger partial charge in [0.25, 0.3) is 5.91 Å². The third-order valence-corrected chi connectivity index (χ3v) is 5.47. The van der Waals surface area contributed by atoms with Crippen LogP contribution in [-0.2, 0) is 4.79 Å². The van der Waals surface area contributed by atoms with Crippen molar-refractivity contribution in [2.45, 2.75) is 25.7 Å². The van der Waals surface area contributed by atoms with E-state index in [1.807, 2.05) is 36.4 Å². The molecule has 0 radical (unpaired) electrons. The highest BCUT2D eigenvalue weighted by Crippen LogP contribution is 2.48. The van der Waals surface area contributed by atoms with Crippen LogP contribution >= 0.6 is 0 Å². The Morgan fingerprint density at radius 1 is 1.21 bits per heavy atom. The molecule has 1 amide bonds. The SMILES string of the molecule is O=C(COc1ccccc1)N(CC1CC2CCC1C2)c1cc[nH]n1. The third kappa shape index (κ3) is 3.16. The number of nitrogens with one attached hydrogen (secondary N) is 1. The number of nitrogens with zero attached hydrogens (tertiary/aromatic N) is 2. The number of hydrogen-bond acceptors (Lipinski definition) is 3. The molecule has 126 valence electrons. The molecule has 2 saturated carbocycles. The minimum Gasteiger partial charge on any atom is -0.484 e. The second-order valence-corrected chi connectivity index (χ2v) is 6.97. The van der Waals surface area contributed by atoms with Crippen LogP contribution in [0.3, 0.4) is 0 Å². The summed E-state index contributed by atoms with van der Waals surface area (Å²) in [6.07, 6.45) is 7.04. The van der Waals surface area contributed by atoms with E-state index in [0.717, 1.165) is 18.4 Å². The lowest BCUT2D eigenvalue weighted by molar-refractivity contribution is -0.120. The van der Waals surface area contributed by atoms with Crippen LogP contribution < -0.4 is 9.64 Å². The molecule has 2 aliphatic carbocycles. The molecule has 2 aliphatic rings. The Bertz CT molecular complexity index is 671. The van der Waals surface area contributed by atoms with Crippen LogP contribution in [-0.4, -0.2) is 29.3 Å². The normalized spacial score (nSPS) is 24.9. The van der Waals surface area contributed by atoms with E-state index < -0.39 is 0 Å². The molecule has 2 aromatic rings. The van der Waals surface area contributed by atoms with E-state index in [0.29, 0.717) is 17.5 Å². The molecule has 1 aromatic carbocycles. The molecular formula is C19H23N3O2. The molecule has 5 nitrogen and oxygen atoms in total. The molecule has 4 rings (SSSR count). The molecule has 5 heteroatoms. The lowest BCUT2D eigenvalue weighted by Crippen LogP contribution is -2.40. The van der Waals surface area contributed by atoms with Crippen LogP contribution in [0.5, 0.6) is 5.75 Å². The number of carbonyl (C=O) groups excluding carboxylic acids is 1. The van der Waals surface area contributed by atoms with Gasteiger partial charge in [-0.25, -0.2) is 0 Å². The zero-order valence-corrected chi connectivity index (χ0v) is 13.7. The van der Waals surface area contributed by atoms with Crippen LogP contribution in [0.2, 0.25) is 0 Å². The number of hydrogen-bond donors (Lipinski definition) is 1. The van der Waals surface area contributed by atoms with E-state index in [1.54, 1.807) is 11.1 Å². The summed E-state index contributed by atoms with van der Waals surface area (Å²) in [5.74, 6) is 3.62. The minimum atomic E-state index is -0.0336. The molecule has 1 heterocycles. The van der Waals surface area contributed by atoms with Gasteiger partial charge in [-0.15, -0.1) is 0 Å². The monoisotopic (exact) mass is 325 g/mol. The van der Waals surface area contributed by atoms with Gasteiger partial charge in [0.15, 0.2) is 12.4 Å². The standard InChI is InChI=1S/C19H23N3O2/c23-19(13-24-17-4-2-1-3-5-17)22(18-8-9-20-21-18)12-16-11-14-6-7-15(16)10-14/h1-5,8-9,14-16H,6-7,10-13H2,(H,20,21). The van der Waals surface area contributed by atoms with Gasteiger partial charge in [-0.2, -0.15) is 5.10 Å². The molecule has 2 fully saturated rings. The number of carbonyl (C=O) groups is 1. The van der Waals surface area contributed by atoms with Crippen LogP contribution in [0, 0.1) is 17.8 Å². The van der Waals surface area contributed by atoms with Gasteiger partial charge in [0.05, 0.1) is 0 Å². The van der Waals surface area contributed by atoms with E-state index in [4.69, 9.17) is 4.74 Å². The molecule has 1 aromatic heterocycles. The number of aromatic nitrogens is 2. The first kappa shape index (κ1) is 15.2. The van der Waals surface area contributed by atoms with Crippen molar-refractivity contribution in [1.82, 2.24) is 10.2 Å². The highest BCUT2D eigenvalue weighted by molar-refractivity contribution is 5.93. The maximum absolute atomic E-state index is 12.8. The highest BCUT2D eigenvalue weighted by atomic mass is 16.5. The number of benzene rings is 1. The lowest BCUT2D eigenvalue weighted by Gasteiger charge is -2.28. The number of aromatic amines is 1. The molecule has 0 aliphatic heterocycles. The molecule has 3 unspecified atom stereocenters. The average molecular weight is 325 g/mol. The van der Waals surface area contributed by atoms with Crippen molar-refractivity contribution < 1.29 is 9.53 Å². The molecule has 0 saturated heterocycles. The quantitative estimate of drug-likeness (QED) is 0.887. The molecule has 24 heavy (non-hydrogen) atoms. The van der Waals surface area contributed by atoms with Gasteiger partial charge >= 0.3 is 0 Å². The van der Waals surface area contributed by atoms with E-state index >= 15 is 0 Å². The van der Waals surface area contributed by atoms with Crippen molar-refractivity contribution in [1.29, 1.82) is 0 Å². The van der Waals surface area contributed by atoms with Gasteiger partial charge in [0.1, 0.15) is 5.75 Å². The fourth-order valence-corrected chi connectivity index (χ4v) is 4.30. The van der Waals surface area contributed by atoms with Crippen LogP contribution in [0.1, 0.15) is 25.7 Å². The minimum absolute atomic E-state index is 0.0336. The summed E-state index contributed by atoms with van der Waals surface area (Å²) >= 11 is 0. The Kier molecular flexibility index (Phi) is 4.24. The first-order valence-corrected chi connectivity index (χ1v) is 8.77. The smallest absolute Gasteiger partial charge is 0.266 e. The Labute approximate surface area is 142 Å². The first-order chi connectivity index (χ1) is 11.8. The summed E-state index contributed by atoms with van der Waals surface area (Å²) < 4.78 is 5.64. The number of amides is 1. The number of anilines is 1. The van der Waals surface area contributed by atoms with Crippen LogP contribution in [0.15, 0.2) is 42.6 Å². The van der Waals surface area contributed by atoms with Crippen molar-refractivity contribution in [3.63, 3.8) is 0 Å². The van der Waals surface area contributed by atoms with Gasteiger partial charge in [-0.3, -0.25) is 14.8 Å². The lowest BCUT2D eigenvalue weighted by atomic mass is 9.88. The van der Waals surface area contributed by atoms with Gasteiger partial charge in [0, 0.05) is 18.8 Å². The Morgan fingerprint density at radius 3 is 2.75 bits per heavy atom. The summed E-state index contributed by atoms with van der Waals surface area (Å²) in [5, 5.41) is 7.03. The summed E-state index contributed by atoms with van der Waals surface area (Å²) in [4.78, 5) is 14.6. The second kappa shape index (κ2) is 6.67. The highest BCUT2D eigenvalue weighted by Gasteiger charge is 2.40. The Balaban J connectivity index is 1.43. The van der Waals surface area contributed by atoms with Gasteiger partial charge in [-0.1, -0.05) is 24.6 Å². The Morgan fingerprint density at radius 2 is 2.08 bits per heavy atom. The van der Waals surface area contributed by atoms with Crippen molar-refractivity contribution in [3.05, 3.63) is 42.6 Å². The summed E-state index contributed by atoms with van der Waals surface area (Å²) in [6, 6.07) is 11.3. The molecule has 0 spiro atoms. The third-order valence-electron chi connectivity index (χ3n) is 5.47. The molecule has 1 N–H and O–H groups in total. The first-order valence-electron chi connectivity index (χ1n) is 8.77. The number of para-hydroxylation sites is 1. The van der Waals surface area contributed by atoms with Crippen LogP contribution in [0.4, 0.5) is 5.82 Å². The van der Waals surface area contributed by atoms with Crippen LogP contribution in [0.25, 0.3) is 0 Å². The van der Waals surface area contributed by atoms with Crippen molar-refractivity contribution in [2.24, 2.45) is 17.8 Å². The van der Waals surface area contributed by atoms with Gasteiger partial charge in [0.2, 0.25) is 0 Å². The summed E-state index contributed by atoms with van der Waals surface area (Å²) in [7, 11) is 0. The van der Waals surface area contributed by atoms with E-state index in [9.17, 15) is 4.79 Å². The number of ether oxygens (including phenoxy) is 1. The maximum Gasteiger partial charge on any atom is 0.266 e. The zero-order chi connectivity index (χ0) is 16.4. The topological polar surface area (TPSA) is 58.2 Å². The predicted molar refractivity (Wildman–Crippen MR) is 91.8 cm³/mol. The summed E-state index contributed by atoms with van der Waals surface area (Å²) in [5.41, 5.74) is 0. The number of H-pyrrole nitrogens is 1. The molecule has 2 bridgehead atoms. The number of rotatable bonds is 6. The molecule has 3 atom stereocenters. The van der Waals surface area contributed by atoms with Gasteiger partial charge < -0.3 is 4.74 Å². The average Bonchev–Trinajstić information content (AvgIpc) is 3.36.